The van der Waals surface area contributed by atoms with E-state index >= 15 is 0 Å². The normalized spacial score (nSPS) is 16.5. The highest BCUT2D eigenvalue weighted by atomic mass is 16.5. The number of rotatable bonds is 7. The number of hydrogen-bond donors (Lipinski definition) is 0. The van der Waals surface area contributed by atoms with Gasteiger partial charge < -0.3 is 19.3 Å². The van der Waals surface area contributed by atoms with E-state index in [9.17, 15) is 9.59 Å². The summed E-state index contributed by atoms with van der Waals surface area (Å²) in [5.74, 6) is -0.379. The number of carbonyl (C=O) groups is 2. The van der Waals surface area contributed by atoms with Crippen LogP contribution in [0.15, 0.2) is 72.8 Å². The molecule has 2 amide bonds. The number of nitrogens with zero attached hydrogens (tertiary/aromatic N) is 4. The lowest BCUT2D eigenvalue weighted by atomic mass is 10.0. The first-order chi connectivity index (χ1) is 19.5. The van der Waals surface area contributed by atoms with E-state index in [0.717, 1.165) is 55.1 Å². The van der Waals surface area contributed by atoms with E-state index in [1.807, 2.05) is 29.2 Å². The highest BCUT2D eigenvalue weighted by Crippen LogP contribution is 2.26. The minimum Gasteiger partial charge on any atom is -0.465 e. The Bertz CT molecular complexity index is 1260. The van der Waals surface area contributed by atoms with Crippen molar-refractivity contribution in [1.29, 1.82) is 0 Å². The van der Waals surface area contributed by atoms with Gasteiger partial charge in [0.05, 0.1) is 32.4 Å². The van der Waals surface area contributed by atoms with Crippen molar-refractivity contribution in [3.63, 3.8) is 0 Å². The monoisotopic (exact) mass is 542 g/mol. The van der Waals surface area contributed by atoms with E-state index in [1.54, 1.807) is 17.0 Å². The van der Waals surface area contributed by atoms with Gasteiger partial charge in [-0.05, 0) is 53.6 Å². The number of anilines is 1. The summed E-state index contributed by atoms with van der Waals surface area (Å²) >= 11 is 0. The minimum absolute atomic E-state index is 0.0543. The van der Waals surface area contributed by atoms with Gasteiger partial charge in [0.1, 0.15) is 0 Å². The summed E-state index contributed by atoms with van der Waals surface area (Å²) in [6.45, 7) is 8.02. The van der Waals surface area contributed by atoms with Crippen molar-refractivity contribution in [3.05, 3.63) is 89.5 Å². The molecule has 0 unspecified atom stereocenters. The molecular weight excluding hydrogens is 504 g/mol. The standard InChI is InChI=1S/C32H38N4O4/c1-33-15-17-34(18-16-33)23-25-3-7-27(8-4-25)28-11-13-30(14-12-28)36(32(38)35-19-21-40-22-20-35)24-26-5-9-29(10-6-26)31(37)39-2/h3-14H,15-24H2,1-2H3. The second-order valence-corrected chi connectivity index (χ2v) is 10.5. The number of likely N-dealkylation sites (N-methyl/N-ethyl adjacent to an activating group) is 1. The average Bonchev–Trinajstić information content (AvgIpc) is 3.01. The second-order valence-electron chi connectivity index (χ2n) is 10.5. The molecule has 2 aliphatic rings. The van der Waals surface area contributed by atoms with Crippen molar-refractivity contribution >= 4 is 17.7 Å². The van der Waals surface area contributed by atoms with Gasteiger partial charge in [-0.15, -0.1) is 0 Å². The van der Waals surface area contributed by atoms with Gasteiger partial charge in [0, 0.05) is 51.5 Å². The third kappa shape index (κ3) is 6.88. The van der Waals surface area contributed by atoms with Gasteiger partial charge in [0.25, 0.3) is 0 Å². The number of hydrogen-bond acceptors (Lipinski definition) is 6. The van der Waals surface area contributed by atoms with Crippen molar-refractivity contribution in [3.8, 4) is 11.1 Å². The molecule has 2 aliphatic heterocycles. The third-order valence-electron chi connectivity index (χ3n) is 7.70. The summed E-state index contributed by atoms with van der Waals surface area (Å²) in [5.41, 5.74) is 5.81. The van der Waals surface area contributed by atoms with E-state index in [1.165, 1.54) is 12.7 Å². The highest BCUT2D eigenvalue weighted by Gasteiger charge is 2.25. The van der Waals surface area contributed by atoms with Gasteiger partial charge in [0.2, 0.25) is 0 Å². The molecule has 0 bridgehead atoms. The zero-order valence-corrected chi connectivity index (χ0v) is 23.4. The molecule has 0 atom stereocenters. The van der Waals surface area contributed by atoms with E-state index in [4.69, 9.17) is 9.47 Å². The molecule has 0 aliphatic carbocycles. The van der Waals surface area contributed by atoms with Gasteiger partial charge in [0.15, 0.2) is 0 Å². The fourth-order valence-electron chi connectivity index (χ4n) is 5.14. The Hall–Kier alpha value is -3.72. The minimum atomic E-state index is -0.379. The summed E-state index contributed by atoms with van der Waals surface area (Å²) < 4.78 is 10.3. The van der Waals surface area contributed by atoms with E-state index in [0.29, 0.717) is 38.4 Å². The number of methoxy groups -OCH3 is 1. The van der Waals surface area contributed by atoms with Crippen LogP contribution < -0.4 is 4.90 Å². The predicted octanol–water partition coefficient (Wildman–Crippen LogP) is 4.35. The van der Waals surface area contributed by atoms with Crippen LogP contribution in [0.4, 0.5) is 10.5 Å². The Balaban J connectivity index is 1.31. The predicted molar refractivity (Wildman–Crippen MR) is 156 cm³/mol. The molecule has 2 heterocycles. The summed E-state index contributed by atoms with van der Waals surface area (Å²) in [6, 6.07) is 24.1. The Morgan fingerprint density at radius 3 is 1.95 bits per heavy atom. The highest BCUT2D eigenvalue weighted by molar-refractivity contribution is 5.92. The molecule has 40 heavy (non-hydrogen) atoms. The van der Waals surface area contributed by atoms with E-state index < -0.39 is 0 Å². The van der Waals surface area contributed by atoms with Crippen molar-refractivity contribution in [2.24, 2.45) is 0 Å². The number of urea groups is 1. The Morgan fingerprint density at radius 2 is 1.35 bits per heavy atom. The first kappa shape index (κ1) is 27.8. The largest absolute Gasteiger partial charge is 0.465 e. The van der Waals surface area contributed by atoms with Crippen molar-refractivity contribution in [2.45, 2.75) is 13.1 Å². The summed E-state index contributed by atoms with van der Waals surface area (Å²) in [4.78, 5) is 34.0. The van der Waals surface area contributed by atoms with Crippen molar-refractivity contribution in [1.82, 2.24) is 14.7 Å². The number of esters is 1. The quantitative estimate of drug-likeness (QED) is 0.414. The molecule has 8 heteroatoms. The third-order valence-corrected chi connectivity index (χ3v) is 7.70. The fourth-order valence-corrected chi connectivity index (χ4v) is 5.14. The van der Waals surface area contributed by atoms with Crippen LogP contribution >= 0.6 is 0 Å². The molecule has 0 aromatic heterocycles. The Labute approximate surface area is 236 Å². The van der Waals surface area contributed by atoms with Gasteiger partial charge in [-0.2, -0.15) is 0 Å². The fraction of sp³-hybridized carbons (Fsp3) is 0.375. The van der Waals surface area contributed by atoms with Crippen molar-refractivity contribution in [2.75, 3.05) is 71.5 Å². The number of carbonyl (C=O) groups excluding carboxylic acids is 2. The van der Waals surface area contributed by atoms with E-state index in [2.05, 4.69) is 53.2 Å². The molecule has 0 spiro atoms. The molecule has 0 radical (unpaired) electrons. The maximum Gasteiger partial charge on any atom is 0.337 e. The van der Waals surface area contributed by atoms with Crippen LogP contribution in [0.5, 0.6) is 0 Å². The van der Waals surface area contributed by atoms with Crippen molar-refractivity contribution < 1.29 is 19.1 Å². The average molecular weight is 543 g/mol. The number of ether oxygens (including phenoxy) is 2. The molecular formula is C32H38N4O4. The van der Waals surface area contributed by atoms with Crippen LogP contribution in [-0.2, 0) is 22.6 Å². The van der Waals surface area contributed by atoms with Gasteiger partial charge in [-0.25, -0.2) is 9.59 Å². The summed E-state index contributed by atoms with van der Waals surface area (Å²) in [5, 5.41) is 0. The second kappa shape index (κ2) is 13.1. The topological polar surface area (TPSA) is 65.6 Å². The Morgan fingerprint density at radius 1 is 0.775 bits per heavy atom. The maximum absolute atomic E-state index is 13.6. The first-order valence-corrected chi connectivity index (χ1v) is 13.9. The van der Waals surface area contributed by atoms with Crippen LogP contribution in [0, 0.1) is 0 Å². The zero-order chi connectivity index (χ0) is 27.9. The molecule has 5 rings (SSSR count). The van der Waals surface area contributed by atoms with Crippen LogP contribution in [0.2, 0.25) is 0 Å². The molecule has 210 valence electrons. The van der Waals surface area contributed by atoms with Gasteiger partial charge in [-0.1, -0.05) is 48.5 Å². The zero-order valence-electron chi connectivity index (χ0n) is 23.4. The molecule has 0 N–H and O–H groups in total. The van der Waals surface area contributed by atoms with Crippen LogP contribution in [0.25, 0.3) is 11.1 Å². The smallest absolute Gasteiger partial charge is 0.337 e. The van der Waals surface area contributed by atoms with Crippen LogP contribution in [0.3, 0.4) is 0 Å². The molecule has 3 aromatic carbocycles. The molecule has 8 nitrogen and oxygen atoms in total. The summed E-state index contributed by atoms with van der Waals surface area (Å²) in [6.07, 6.45) is 0. The molecule has 2 fully saturated rings. The van der Waals surface area contributed by atoms with Crippen LogP contribution in [0.1, 0.15) is 21.5 Å². The first-order valence-electron chi connectivity index (χ1n) is 13.9. The number of amides is 2. The van der Waals surface area contributed by atoms with Crippen LogP contribution in [-0.4, -0.2) is 93.3 Å². The SMILES string of the molecule is COC(=O)c1ccc(CN(C(=O)N2CCOCC2)c2ccc(-c3ccc(CN4CCN(C)CC4)cc3)cc2)cc1. The van der Waals surface area contributed by atoms with E-state index in [-0.39, 0.29) is 12.0 Å². The lowest BCUT2D eigenvalue weighted by Crippen LogP contribution is -2.48. The molecule has 2 saturated heterocycles. The van der Waals surface area contributed by atoms with Gasteiger partial charge in [-0.3, -0.25) is 9.80 Å². The number of morpholine rings is 1. The maximum atomic E-state index is 13.6. The summed E-state index contributed by atoms with van der Waals surface area (Å²) in [7, 11) is 3.55. The Kier molecular flexibility index (Phi) is 9.11. The lowest BCUT2D eigenvalue weighted by molar-refractivity contribution is 0.0548. The van der Waals surface area contributed by atoms with Gasteiger partial charge >= 0.3 is 12.0 Å². The lowest BCUT2D eigenvalue weighted by Gasteiger charge is -2.33. The number of piperazine rings is 1. The molecule has 3 aromatic rings. The molecule has 0 saturated carbocycles. The number of benzene rings is 3.